The van der Waals surface area contributed by atoms with E-state index in [2.05, 4.69) is 36.2 Å². The maximum absolute atomic E-state index is 5.72. The van der Waals surface area contributed by atoms with Gasteiger partial charge in [-0.3, -0.25) is 0 Å². The normalized spacial score (nSPS) is 11.6. The Morgan fingerprint density at radius 1 is 1.50 bits per heavy atom. The van der Waals surface area contributed by atoms with E-state index in [0.29, 0.717) is 5.88 Å². The van der Waals surface area contributed by atoms with Crippen LogP contribution in [0.1, 0.15) is 31.0 Å². The second kappa shape index (κ2) is 7.25. The Balaban J connectivity index is 2.19. The van der Waals surface area contributed by atoms with Crippen LogP contribution >= 0.6 is 22.9 Å². The van der Waals surface area contributed by atoms with Gasteiger partial charge in [0.05, 0.1) is 16.6 Å². The van der Waals surface area contributed by atoms with Crippen LogP contribution < -0.4 is 0 Å². The third-order valence-electron chi connectivity index (χ3n) is 2.34. The SMILES string of the molecule is CC(C)CN(C)CCCc1nc(CCl)cs1. The van der Waals surface area contributed by atoms with E-state index in [1.165, 1.54) is 18.0 Å². The number of thiazole rings is 1. The van der Waals surface area contributed by atoms with Crippen molar-refractivity contribution < 1.29 is 0 Å². The van der Waals surface area contributed by atoms with Gasteiger partial charge >= 0.3 is 0 Å². The number of rotatable bonds is 7. The molecule has 0 amide bonds. The van der Waals surface area contributed by atoms with Crippen molar-refractivity contribution in [3.8, 4) is 0 Å². The van der Waals surface area contributed by atoms with Gasteiger partial charge in [0.15, 0.2) is 0 Å². The van der Waals surface area contributed by atoms with Crippen molar-refractivity contribution in [3.63, 3.8) is 0 Å². The summed E-state index contributed by atoms with van der Waals surface area (Å²) in [5.74, 6) is 1.27. The van der Waals surface area contributed by atoms with Gasteiger partial charge in [-0.2, -0.15) is 0 Å². The van der Waals surface area contributed by atoms with E-state index in [0.717, 1.165) is 24.6 Å². The largest absolute Gasteiger partial charge is 0.306 e. The number of hydrogen-bond donors (Lipinski definition) is 0. The molecular formula is C12H21ClN2S. The van der Waals surface area contributed by atoms with Gasteiger partial charge < -0.3 is 4.90 Å². The van der Waals surface area contributed by atoms with Gasteiger partial charge in [0, 0.05) is 18.3 Å². The summed E-state index contributed by atoms with van der Waals surface area (Å²) in [5.41, 5.74) is 1.01. The number of halogens is 1. The highest BCUT2D eigenvalue weighted by atomic mass is 35.5. The Kier molecular flexibility index (Phi) is 6.32. The molecule has 0 aliphatic heterocycles. The molecule has 0 saturated carbocycles. The third-order valence-corrected chi connectivity index (χ3v) is 3.57. The minimum Gasteiger partial charge on any atom is -0.306 e. The first-order chi connectivity index (χ1) is 7.61. The predicted octanol–water partition coefficient (Wildman–Crippen LogP) is 3.40. The first kappa shape index (κ1) is 13.9. The van der Waals surface area contributed by atoms with E-state index < -0.39 is 0 Å². The maximum Gasteiger partial charge on any atom is 0.0929 e. The predicted molar refractivity (Wildman–Crippen MR) is 72.3 cm³/mol. The topological polar surface area (TPSA) is 16.1 Å². The zero-order valence-electron chi connectivity index (χ0n) is 10.4. The number of aryl methyl sites for hydroxylation is 1. The summed E-state index contributed by atoms with van der Waals surface area (Å²) in [5, 5.41) is 3.27. The minimum atomic E-state index is 0.532. The van der Waals surface area contributed by atoms with Crippen LogP contribution in [0.4, 0.5) is 0 Å². The van der Waals surface area contributed by atoms with Gasteiger partial charge in [-0.05, 0) is 25.9 Å². The fourth-order valence-electron chi connectivity index (χ4n) is 1.74. The lowest BCUT2D eigenvalue weighted by molar-refractivity contribution is 0.292. The highest BCUT2D eigenvalue weighted by Gasteiger charge is 2.04. The van der Waals surface area contributed by atoms with E-state index >= 15 is 0 Å². The van der Waals surface area contributed by atoms with Crippen molar-refractivity contribution in [1.82, 2.24) is 9.88 Å². The van der Waals surface area contributed by atoms with Crippen molar-refractivity contribution in [3.05, 3.63) is 16.1 Å². The molecule has 92 valence electrons. The summed E-state index contributed by atoms with van der Waals surface area (Å²) >= 11 is 7.44. The van der Waals surface area contributed by atoms with E-state index in [4.69, 9.17) is 11.6 Å². The molecule has 1 heterocycles. The zero-order valence-corrected chi connectivity index (χ0v) is 11.9. The summed E-state index contributed by atoms with van der Waals surface area (Å²) in [7, 11) is 2.19. The fourth-order valence-corrected chi connectivity index (χ4v) is 2.81. The van der Waals surface area contributed by atoms with Gasteiger partial charge in [0.25, 0.3) is 0 Å². The highest BCUT2D eigenvalue weighted by Crippen LogP contribution is 2.13. The quantitative estimate of drug-likeness (QED) is 0.699. The van der Waals surface area contributed by atoms with Crippen LogP contribution in [0.3, 0.4) is 0 Å². The molecule has 0 spiro atoms. The molecule has 4 heteroatoms. The number of alkyl halides is 1. The third kappa shape index (κ3) is 5.28. The smallest absolute Gasteiger partial charge is 0.0929 e. The molecule has 1 aromatic rings. The lowest BCUT2D eigenvalue weighted by Gasteiger charge is -2.18. The Hall–Kier alpha value is -0.120. The second-order valence-electron chi connectivity index (χ2n) is 4.63. The van der Waals surface area contributed by atoms with Crippen molar-refractivity contribution in [2.45, 2.75) is 32.6 Å². The van der Waals surface area contributed by atoms with Crippen LogP contribution in [-0.4, -0.2) is 30.0 Å². The van der Waals surface area contributed by atoms with Gasteiger partial charge in [-0.1, -0.05) is 13.8 Å². The molecule has 0 aliphatic carbocycles. The highest BCUT2D eigenvalue weighted by molar-refractivity contribution is 7.09. The molecular weight excluding hydrogens is 240 g/mol. The van der Waals surface area contributed by atoms with Crippen LogP contribution in [0, 0.1) is 5.92 Å². The lowest BCUT2D eigenvalue weighted by atomic mass is 10.2. The lowest BCUT2D eigenvalue weighted by Crippen LogP contribution is -2.24. The van der Waals surface area contributed by atoms with Crippen molar-refractivity contribution in [2.24, 2.45) is 5.92 Å². The minimum absolute atomic E-state index is 0.532. The van der Waals surface area contributed by atoms with Gasteiger partial charge in [-0.15, -0.1) is 22.9 Å². The number of aromatic nitrogens is 1. The van der Waals surface area contributed by atoms with Crippen LogP contribution in [0.5, 0.6) is 0 Å². The first-order valence-electron chi connectivity index (χ1n) is 5.79. The summed E-state index contributed by atoms with van der Waals surface area (Å²) in [6, 6.07) is 0. The van der Waals surface area contributed by atoms with Crippen LogP contribution in [0.15, 0.2) is 5.38 Å². The Morgan fingerprint density at radius 2 is 2.25 bits per heavy atom. The standard InChI is InChI=1S/C12H21ClN2S/c1-10(2)8-15(3)6-4-5-12-14-11(7-13)9-16-12/h9-10H,4-8H2,1-3H3. The van der Waals surface area contributed by atoms with E-state index in [-0.39, 0.29) is 0 Å². The van der Waals surface area contributed by atoms with Crippen LogP contribution in [-0.2, 0) is 12.3 Å². The van der Waals surface area contributed by atoms with E-state index in [9.17, 15) is 0 Å². The molecule has 0 N–H and O–H groups in total. The summed E-state index contributed by atoms with van der Waals surface area (Å²) in [6.07, 6.45) is 2.25. The molecule has 0 atom stereocenters. The number of hydrogen-bond acceptors (Lipinski definition) is 3. The molecule has 1 aromatic heterocycles. The molecule has 0 saturated heterocycles. The first-order valence-corrected chi connectivity index (χ1v) is 7.21. The van der Waals surface area contributed by atoms with Crippen LogP contribution in [0.25, 0.3) is 0 Å². The molecule has 2 nitrogen and oxygen atoms in total. The zero-order chi connectivity index (χ0) is 12.0. The molecule has 0 bridgehead atoms. The molecule has 1 rings (SSSR count). The molecule has 0 fully saturated rings. The second-order valence-corrected chi connectivity index (χ2v) is 5.84. The average molecular weight is 261 g/mol. The monoisotopic (exact) mass is 260 g/mol. The molecule has 0 aromatic carbocycles. The van der Waals surface area contributed by atoms with E-state index in [1.807, 2.05) is 0 Å². The molecule has 0 radical (unpaired) electrons. The van der Waals surface area contributed by atoms with Crippen molar-refractivity contribution in [2.75, 3.05) is 20.1 Å². The number of nitrogens with zero attached hydrogens (tertiary/aromatic N) is 2. The Bertz CT molecular complexity index is 299. The van der Waals surface area contributed by atoms with Gasteiger partial charge in [0.2, 0.25) is 0 Å². The molecule has 16 heavy (non-hydrogen) atoms. The summed E-state index contributed by atoms with van der Waals surface area (Å²) in [4.78, 5) is 6.84. The van der Waals surface area contributed by atoms with Crippen molar-refractivity contribution in [1.29, 1.82) is 0 Å². The Labute approximate surface area is 108 Å². The summed E-state index contributed by atoms with van der Waals surface area (Å²) in [6.45, 7) is 6.83. The summed E-state index contributed by atoms with van der Waals surface area (Å²) < 4.78 is 0. The molecule has 0 unspecified atom stereocenters. The fraction of sp³-hybridized carbons (Fsp3) is 0.750. The van der Waals surface area contributed by atoms with Crippen molar-refractivity contribution >= 4 is 22.9 Å². The van der Waals surface area contributed by atoms with Crippen LogP contribution in [0.2, 0.25) is 0 Å². The van der Waals surface area contributed by atoms with Gasteiger partial charge in [0.1, 0.15) is 0 Å². The maximum atomic E-state index is 5.72. The van der Waals surface area contributed by atoms with E-state index in [1.54, 1.807) is 11.3 Å². The molecule has 0 aliphatic rings. The Morgan fingerprint density at radius 3 is 2.81 bits per heavy atom. The average Bonchev–Trinajstić information content (AvgIpc) is 2.64. The van der Waals surface area contributed by atoms with Gasteiger partial charge in [-0.25, -0.2) is 4.98 Å².